The Morgan fingerprint density at radius 1 is 0.610 bits per heavy atom. The van der Waals surface area contributed by atoms with E-state index in [9.17, 15) is 0 Å². The minimum atomic E-state index is -0.197. The van der Waals surface area contributed by atoms with Crippen molar-refractivity contribution in [2.75, 3.05) is 0 Å². The Balaban J connectivity index is 1.47. The average Bonchev–Trinajstić information content (AvgIpc) is 3.59. The molecule has 8 rings (SSSR count). The maximum Gasteiger partial charge on any atom is 0.238 e. The summed E-state index contributed by atoms with van der Waals surface area (Å²) in [6.07, 6.45) is 2.29. The van der Waals surface area contributed by atoms with Gasteiger partial charge in [0.1, 0.15) is 0 Å². The van der Waals surface area contributed by atoms with Crippen molar-refractivity contribution in [3.8, 4) is 34.4 Å². The highest BCUT2D eigenvalue weighted by atomic mass is 15.2. The molecule has 1 aliphatic heterocycles. The van der Waals surface area contributed by atoms with Crippen molar-refractivity contribution in [3.05, 3.63) is 126 Å². The highest BCUT2D eigenvalue weighted by molar-refractivity contribution is 6.11. The first-order chi connectivity index (χ1) is 19.9. The van der Waals surface area contributed by atoms with Crippen LogP contribution in [0.1, 0.15) is 36.2 Å². The summed E-state index contributed by atoms with van der Waals surface area (Å²) in [5.74, 6) is 1.95. The van der Waals surface area contributed by atoms with Gasteiger partial charge in [0.2, 0.25) is 5.95 Å². The maximum absolute atomic E-state index is 5.15. The van der Waals surface area contributed by atoms with Crippen LogP contribution < -0.4 is 0 Å². The molecule has 0 saturated heterocycles. The molecule has 0 aliphatic carbocycles. The zero-order chi connectivity index (χ0) is 27.9. The predicted octanol–water partition coefficient (Wildman–Crippen LogP) is 8.35. The molecule has 0 N–H and O–H groups in total. The van der Waals surface area contributed by atoms with Crippen molar-refractivity contribution in [3.63, 3.8) is 0 Å². The smallest absolute Gasteiger partial charge is 0.238 e. The molecule has 0 atom stereocenters. The van der Waals surface area contributed by atoms with E-state index >= 15 is 0 Å². The largest absolute Gasteiger partial charge is 0.317 e. The first kappa shape index (κ1) is 23.8. The van der Waals surface area contributed by atoms with Crippen LogP contribution in [0.2, 0.25) is 0 Å². The molecule has 0 radical (unpaired) electrons. The molecule has 0 saturated carbocycles. The van der Waals surface area contributed by atoms with E-state index in [1.165, 1.54) is 38.8 Å². The Bertz CT molecular complexity index is 2060. The number of para-hydroxylation sites is 2. The topological polar surface area (TPSA) is 48.5 Å². The number of hydrogen-bond donors (Lipinski definition) is 0. The van der Waals surface area contributed by atoms with Gasteiger partial charge >= 0.3 is 0 Å². The third-order valence-corrected chi connectivity index (χ3v) is 8.51. The number of nitrogens with zero attached hydrogens (tertiary/aromatic N) is 5. The van der Waals surface area contributed by atoms with Gasteiger partial charge in [-0.15, -0.1) is 0 Å². The van der Waals surface area contributed by atoms with E-state index < -0.39 is 0 Å². The Hall–Kier alpha value is -5.03. The van der Waals surface area contributed by atoms with Gasteiger partial charge in [-0.3, -0.25) is 4.57 Å². The summed E-state index contributed by atoms with van der Waals surface area (Å²) in [7, 11) is 0. The summed E-state index contributed by atoms with van der Waals surface area (Å²) in [4.78, 5) is 15.3. The van der Waals surface area contributed by atoms with Crippen LogP contribution in [0.4, 0.5) is 0 Å². The standard InChI is InChI=1S/C36H29N5/c1-22-13-17-24(18-14-22)33-37-34(25-19-15-23(2)16-20-25)39-35(38-33)41-29-11-7-5-9-26(29)27-21-40-30-12-8-6-10-28(30)36(3,4)32(40)31(27)41/h5-21H,1-4H3. The van der Waals surface area contributed by atoms with E-state index in [0.717, 1.165) is 22.2 Å². The number of aromatic nitrogens is 5. The van der Waals surface area contributed by atoms with Crippen LogP contribution in [-0.4, -0.2) is 24.1 Å². The number of fused-ring (bicyclic) bond motifs is 7. The second kappa shape index (κ2) is 8.48. The molecule has 198 valence electrons. The Morgan fingerprint density at radius 3 is 1.85 bits per heavy atom. The molecular formula is C36H29N5. The molecule has 0 bridgehead atoms. The quantitative estimate of drug-likeness (QED) is 0.230. The van der Waals surface area contributed by atoms with Crippen molar-refractivity contribution in [2.45, 2.75) is 33.1 Å². The Morgan fingerprint density at radius 2 is 1.20 bits per heavy atom. The summed E-state index contributed by atoms with van der Waals surface area (Å²) in [6.45, 7) is 8.82. The van der Waals surface area contributed by atoms with Gasteiger partial charge < -0.3 is 4.57 Å². The molecule has 0 unspecified atom stereocenters. The van der Waals surface area contributed by atoms with Crippen molar-refractivity contribution in [1.29, 1.82) is 0 Å². The van der Waals surface area contributed by atoms with Crippen LogP contribution in [-0.2, 0) is 5.41 Å². The fourth-order valence-electron chi connectivity index (χ4n) is 6.40. The number of rotatable bonds is 3. The average molecular weight is 532 g/mol. The molecule has 1 aliphatic rings. The fraction of sp³-hybridized carbons (Fsp3) is 0.139. The monoisotopic (exact) mass is 531 g/mol. The van der Waals surface area contributed by atoms with E-state index in [2.05, 4.69) is 140 Å². The number of benzene rings is 4. The lowest BCUT2D eigenvalue weighted by Crippen LogP contribution is -2.17. The number of hydrogen-bond acceptors (Lipinski definition) is 3. The summed E-state index contributed by atoms with van der Waals surface area (Å²) in [5, 5.41) is 2.39. The van der Waals surface area contributed by atoms with E-state index in [1.807, 2.05) is 0 Å². The third-order valence-electron chi connectivity index (χ3n) is 8.51. The van der Waals surface area contributed by atoms with Crippen LogP contribution >= 0.6 is 0 Å². The van der Waals surface area contributed by atoms with E-state index in [0.29, 0.717) is 17.6 Å². The molecule has 0 spiro atoms. The molecule has 5 nitrogen and oxygen atoms in total. The molecule has 5 heteroatoms. The maximum atomic E-state index is 5.15. The van der Waals surface area contributed by atoms with E-state index in [-0.39, 0.29) is 5.41 Å². The predicted molar refractivity (Wildman–Crippen MR) is 166 cm³/mol. The molecule has 4 aromatic carbocycles. The van der Waals surface area contributed by atoms with Gasteiger partial charge in [-0.25, -0.2) is 4.98 Å². The fourth-order valence-corrected chi connectivity index (χ4v) is 6.40. The summed E-state index contributed by atoms with van der Waals surface area (Å²) < 4.78 is 4.62. The number of aryl methyl sites for hydroxylation is 2. The van der Waals surface area contributed by atoms with Gasteiger partial charge in [-0.1, -0.05) is 110 Å². The van der Waals surface area contributed by atoms with Crippen molar-refractivity contribution >= 4 is 21.8 Å². The summed E-state index contributed by atoms with van der Waals surface area (Å²) in [6, 6.07) is 34.1. The Kier molecular flexibility index (Phi) is 4.93. The minimum absolute atomic E-state index is 0.197. The highest BCUT2D eigenvalue weighted by Crippen LogP contribution is 2.49. The normalized spacial score (nSPS) is 13.6. The zero-order valence-electron chi connectivity index (χ0n) is 23.6. The second-order valence-corrected chi connectivity index (χ2v) is 11.6. The first-order valence-corrected chi connectivity index (χ1v) is 14.1. The van der Waals surface area contributed by atoms with Gasteiger partial charge in [0.15, 0.2) is 11.6 Å². The van der Waals surface area contributed by atoms with Crippen LogP contribution in [0.5, 0.6) is 0 Å². The first-order valence-electron chi connectivity index (χ1n) is 14.1. The van der Waals surface area contributed by atoms with Crippen molar-refractivity contribution < 1.29 is 0 Å². The summed E-state index contributed by atoms with van der Waals surface area (Å²) >= 11 is 0. The lowest BCUT2D eigenvalue weighted by Gasteiger charge is -2.20. The van der Waals surface area contributed by atoms with Crippen LogP contribution in [0.15, 0.2) is 103 Å². The van der Waals surface area contributed by atoms with Gasteiger partial charge in [0.05, 0.1) is 16.7 Å². The molecule has 41 heavy (non-hydrogen) atoms. The zero-order valence-corrected chi connectivity index (χ0v) is 23.6. The molecular weight excluding hydrogens is 502 g/mol. The van der Waals surface area contributed by atoms with Gasteiger partial charge in [-0.2, -0.15) is 9.97 Å². The van der Waals surface area contributed by atoms with Gasteiger partial charge in [-0.05, 0) is 31.5 Å². The van der Waals surface area contributed by atoms with Crippen molar-refractivity contribution in [1.82, 2.24) is 24.1 Å². The molecule has 7 aromatic rings. The van der Waals surface area contributed by atoms with Gasteiger partial charge in [0, 0.05) is 39.2 Å². The highest BCUT2D eigenvalue weighted by Gasteiger charge is 2.39. The van der Waals surface area contributed by atoms with Crippen LogP contribution in [0.25, 0.3) is 56.2 Å². The SMILES string of the molecule is Cc1ccc(-c2nc(-c3ccc(C)cc3)nc(-n3c4ccccc4c4cn5c(c43)C(C)(C)c3ccccc3-5)n2)cc1. The van der Waals surface area contributed by atoms with Crippen LogP contribution in [0, 0.1) is 13.8 Å². The van der Waals surface area contributed by atoms with E-state index in [4.69, 9.17) is 15.0 Å². The van der Waals surface area contributed by atoms with Gasteiger partial charge in [0.25, 0.3) is 0 Å². The molecule has 0 fully saturated rings. The van der Waals surface area contributed by atoms with E-state index in [1.54, 1.807) is 0 Å². The third kappa shape index (κ3) is 3.45. The van der Waals surface area contributed by atoms with Crippen LogP contribution in [0.3, 0.4) is 0 Å². The van der Waals surface area contributed by atoms with Crippen molar-refractivity contribution in [2.24, 2.45) is 0 Å². The summed E-state index contributed by atoms with van der Waals surface area (Å²) in [5.41, 5.74) is 10.2. The Labute approximate surface area is 238 Å². The molecule has 3 aromatic heterocycles. The lowest BCUT2D eigenvalue weighted by molar-refractivity contribution is 0.645. The molecule has 4 heterocycles. The minimum Gasteiger partial charge on any atom is -0.317 e. The second-order valence-electron chi connectivity index (χ2n) is 11.6. The molecule has 0 amide bonds. The lowest BCUT2D eigenvalue weighted by atomic mass is 9.83.